The minimum absolute atomic E-state index is 0.0501. The first kappa shape index (κ1) is 15.6. The van der Waals surface area contributed by atoms with E-state index in [9.17, 15) is 4.39 Å². The van der Waals surface area contributed by atoms with Crippen LogP contribution >= 0.6 is 15.9 Å². The predicted octanol–water partition coefficient (Wildman–Crippen LogP) is 2.19. The normalized spacial score (nSPS) is 16.3. The van der Waals surface area contributed by atoms with Gasteiger partial charge in [-0.15, -0.1) is 0 Å². The van der Waals surface area contributed by atoms with Crippen LogP contribution in [0.25, 0.3) is 0 Å². The quantitative estimate of drug-likeness (QED) is 0.753. The summed E-state index contributed by atoms with van der Waals surface area (Å²) in [5.41, 5.74) is 6.68. The molecule has 0 bridgehead atoms. The Morgan fingerprint density at radius 3 is 2.61 bits per heavy atom. The van der Waals surface area contributed by atoms with Crippen LogP contribution in [0.4, 0.5) is 4.39 Å². The van der Waals surface area contributed by atoms with Gasteiger partial charge in [-0.25, -0.2) is 4.39 Å². The molecule has 1 aromatic rings. The van der Waals surface area contributed by atoms with Crippen LogP contribution in [0.15, 0.2) is 22.7 Å². The summed E-state index contributed by atoms with van der Waals surface area (Å²) in [6.07, 6.45) is 0. The average molecular weight is 319 g/mol. The molecule has 18 heavy (non-hydrogen) atoms. The van der Waals surface area contributed by atoms with Crippen LogP contribution < -0.4 is 11.1 Å². The van der Waals surface area contributed by atoms with E-state index in [1.54, 1.807) is 12.1 Å². The zero-order valence-corrected chi connectivity index (χ0v) is 12.2. The number of halogens is 2. The molecule has 0 saturated heterocycles. The van der Waals surface area contributed by atoms with Crippen molar-refractivity contribution in [1.29, 1.82) is 0 Å². The van der Waals surface area contributed by atoms with Gasteiger partial charge in [0.15, 0.2) is 0 Å². The Kier molecular flexibility index (Phi) is 6.21. The Balaban J connectivity index is 2.79. The van der Waals surface area contributed by atoms with Gasteiger partial charge < -0.3 is 16.2 Å². The molecule has 0 heterocycles. The number of benzene rings is 1. The van der Waals surface area contributed by atoms with Gasteiger partial charge in [0.25, 0.3) is 0 Å². The van der Waals surface area contributed by atoms with Gasteiger partial charge in [0.1, 0.15) is 5.82 Å². The van der Waals surface area contributed by atoms with Crippen LogP contribution in [0.5, 0.6) is 0 Å². The summed E-state index contributed by atoms with van der Waals surface area (Å²) < 4.78 is 13.6. The van der Waals surface area contributed by atoms with Gasteiger partial charge in [-0.3, -0.25) is 0 Å². The summed E-state index contributed by atoms with van der Waals surface area (Å²) in [5.74, 6) is -0.144. The highest BCUT2D eigenvalue weighted by molar-refractivity contribution is 9.10. The van der Waals surface area contributed by atoms with Gasteiger partial charge in [0.05, 0.1) is 4.47 Å². The lowest BCUT2D eigenvalue weighted by Crippen LogP contribution is -2.39. The van der Waals surface area contributed by atoms with Crippen LogP contribution in [0, 0.1) is 11.7 Å². The molecular formula is C13H20BrFN2O. The maximum atomic E-state index is 13.2. The lowest BCUT2D eigenvalue weighted by atomic mass is 10.0. The molecule has 0 radical (unpaired) electrons. The maximum Gasteiger partial charge on any atom is 0.137 e. The van der Waals surface area contributed by atoms with E-state index in [1.807, 2.05) is 13.8 Å². The largest absolute Gasteiger partial charge is 0.396 e. The van der Waals surface area contributed by atoms with E-state index in [0.29, 0.717) is 11.0 Å². The first-order chi connectivity index (χ1) is 8.49. The van der Waals surface area contributed by atoms with Crippen molar-refractivity contribution in [3.63, 3.8) is 0 Å². The smallest absolute Gasteiger partial charge is 0.137 e. The molecule has 0 aromatic heterocycles. The standard InChI is InChI=1S/C13H20BrFN2O/c1-8(7-18)9(2)17-13(6-16)10-3-4-12(15)11(14)5-10/h3-5,8-9,13,17-18H,6-7,16H2,1-2H3. The van der Waals surface area contributed by atoms with Crippen molar-refractivity contribution in [1.82, 2.24) is 5.32 Å². The fraction of sp³-hybridized carbons (Fsp3) is 0.538. The minimum Gasteiger partial charge on any atom is -0.396 e. The van der Waals surface area contributed by atoms with Gasteiger partial charge in [-0.1, -0.05) is 13.0 Å². The number of hydrogen-bond donors (Lipinski definition) is 3. The van der Waals surface area contributed by atoms with Crippen LogP contribution in [-0.2, 0) is 0 Å². The highest BCUT2D eigenvalue weighted by atomic mass is 79.9. The Labute approximate surface area is 116 Å². The fourth-order valence-corrected chi connectivity index (χ4v) is 2.07. The van der Waals surface area contributed by atoms with Gasteiger partial charge >= 0.3 is 0 Å². The minimum atomic E-state index is -0.286. The Morgan fingerprint density at radius 2 is 2.11 bits per heavy atom. The Morgan fingerprint density at radius 1 is 1.44 bits per heavy atom. The third-order valence-corrected chi connectivity index (χ3v) is 3.80. The van der Waals surface area contributed by atoms with Crippen LogP contribution in [-0.4, -0.2) is 24.3 Å². The summed E-state index contributed by atoms with van der Waals surface area (Å²) in [6.45, 7) is 4.51. The van der Waals surface area contributed by atoms with E-state index >= 15 is 0 Å². The average Bonchev–Trinajstić information content (AvgIpc) is 2.38. The first-order valence-corrected chi connectivity index (χ1v) is 6.80. The van der Waals surface area contributed by atoms with Gasteiger partial charge in [0, 0.05) is 25.2 Å². The van der Waals surface area contributed by atoms with Crippen molar-refractivity contribution in [3.05, 3.63) is 34.1 Å². The van der Waals surface area contributed by atoms with E-state index in [0.717, 1.165) is 5.56 Å². The summed E-state index contributed by atoms with van der Waals surface area (Å²) >= 11 is 3.17. The van der Waals surface area contributed by atoms with Crippen LogP contribution in [0.2, 0.25) is 0 Å². The topological polar surface area (TPSA) is 58.3 Å². The summed E-state index contributed by atoms with van der Waals surface area (Å²) in [7, 11) is 0. The van der Waals surface area contributed by atoms with Gasteiger partial charge in [0.2, 0.25) is 0 Å². The zero-order valence-electron chi connectivity index (χ0n) is 10.7. The van der Waals surface area contributed by atoms with Crippen molar-refractivity contribution >= 4 is 15.9 Å². The number of hydrogen-bond acceptors (Lipinski definition) is 3. The molecule has 0 aliphatic heterocycles. The molecule has 102 valence electrons. The van der Waals surface area contributed by atoms with Crippen molar-refractivity contribution < 1.29 is 9.50 Å². The lowest BCUT2D eigenvalue weighted by molar-refractivity contribution is 0.201. The van der Waals surface area contributed by atoms with Crippen molar-refractivity contribution in [2.24, 2.45) is 11.7 Å². The molecule has 0 aliphatic rings. The number of rotatable bonds is 6. The molecule has 0 spiro atoms. The Bertz CT molecular complexity index is 389. The van der Waals surface area contributed by atoms with Gasteiger partial charge in [-0.2, -0.15) is 0 Å². The molecule has 3 atom stereocenters. The second kappa shape index (κ2) is 7.19. The number of aliphatic hydroxyl groups excluding tert-OH is 1. The molecule has 3 unspecified atom stereocenters. The second-order valence-corrected chi connectivity index (χ2v) is 5.43. The molecule has 1 aromatic carbocycles. The summed E-state index contributed by atoms with van der Waals surface area (Å²) in [5, 5.41) is 12.5. The zero-order chi connectivity index (χ0) is 13.7. The Hall–Kier alpha value is -0.490. The van der Waals surface area contributed by atoms with Crippen LogP contribution in [0.1, 0.15) is 25.5 Å². The molecule has 4 N–H and O–H groups in total. The molecule has 0 aliphatic carbocycles. The summed E-state index contributed by atoms with van der Waals surface area (Å²) in [6, 6.07) is 4.96. The lowest BCUT2D eigenvalue weighted by Gasteiger charge is -2.26. The van der Waals surface area contributed by atoms with Crippen molar-refractivity contribution in [2.75, 3.05) is 13.2 Å². The predicted molar refractivity (Wildman–Crippen MR) is 74.7 cm³/mol. The molecule has 0 fully saturated rings. The summed E-state index contributed by atoms with van der Waals surface area (Å²) in [4.78, 5) is 0. The third kappa shape index (κ3) is 4.02. The molecule has 5 heteroatoms. The second-order valence-electron chi connectivity index (χ2n) is 4.58. The SMILES string of the molecule is CC(CO)C(C)NC(CN)c1ccc(F)c(Br)c1. The van der Waals surface area contributed by atoms with E-state index in [4.69, 9.17) is 10.8 Å². The molecule has 0 saturated carbocycles. The molecule has 0 amide bonds. The molecule has 3 nitrogen and oxygen atoms in total. The van der Waals surface area contributed by atoms with E-state index in [-0.39, 0.29) is 30.4 Å². The monoisotopic (exact) mass is 318 g/mol. The van der Waals surface area contributed by atoms with Crippen molar-refractivity contribution in [3.8, 4) is 0 Å². The van der Waals surface area contributed by atoms with E-state index in [2.05, 4.69) is 21.2 Å². The molecule has 1 rings (SSSR count). The van der Waals surface area contributed by atoms with E-state index in [1.165, 1.54) is 6.07 Å². The molecular weight excluding hydrogens is 299 g/mol. The highest BCUT2D eigenvalue weighted by Crippen LogP contribution is 2.22. The van der Waals surface area contributed by atoms with E-state index < -0.39 is 0 Å². The number of aliphatic hydroxyl groups is 1. The maximum absolute atomic E-state index is 13.2. The number of nitrogens with two attached hydrogens (primary N) is 1. The van der Waals surface area contributed by atoms with Crippen LogP contribution in [0.3, 0.4) is 0 Å². The third-order valence-electron chi connectivity index (χ3n) is 3.19. The fourth-order valence-electron chi connectivity index (χ4n) is 1.67. The first-order valence-electron chi connectivity index (χ1n) is 6.01. The van der Waals surface area contributed by atoms with Gasteiger partial charge in [-0.05, 0) is 46.5 Å². The van der Waals surface area contributed by atoms with Crippen molar-refractivity contribution in [2.45, 2.75) is 25.9 Å². The number of nitrogens with one attached hydrogen (secondary N) is 1. The highest BCUT2D eigenvalue weighted by Gasteiger charge is 2.17.